The highest BCUT2D eigenvalue weighted by Gasteiger charge is 2.40. The van der Waals surface area contributed by atoms with E-state index < -0.39 is 18.4 Å². The third-order valence-electron chi connectivity index (χ3n) is 3.34. The zero-order valence-corrected chi connectivity index (χ0v) is 9.96. The summed E-state index contributed by atoms with van der Waals surface area (Å²) < 4.78 is 5.52. The molecule has 0 spiro atoms. The summed E-state index contributed by atoms with van der Waals surface area (Å²) in [6, 6.07) is -0.281. The molecule has 4 unspecified atom stereocenters. The van der Waals surface area contributed by atoms with E-state index in [1.807, 2.05) is 0 Å². The van der Waals surface area contributed by atoms with E-state index >= 15 is 0 Å². The third kappa shape index (κ3) is 2.01. The van der Waals surface area contributed by atoms with Crippen molar-refractivity contribution in [1.29, 1.82) is 0 Å². The van der Waals surface area contributed by atoms with Gasteiger partial charge in [-0.1, -0.05) is 0 Å². The van der Waals surface area contributed by atoms with Crippen molar-refractivity contribution in [3.05, 3.63) is 10.4 Å². The Morgan fingerprint density at radius 1 is 1.47 bits per heavy atom. The van der Waals surface area contributed by atoms with Gasteiger partial charge in [-0.2, -0.15) is 4.98 Å². The first-order chi connectivity index (χ1) is 9.08. The molecule has 9 nitrogen and oxygen atoms in total. The maximum Gasteiger partial charge on any atom is 0.277 e. The van der Waals surface area contributed by atoms with Crippen LogP contribution < -0.4 is 21.9 Å². The average molecular weight is 269 g/mol. The number of aromatic nitrogens is 2. The fourth-order valence-corrected chi connectivity index (χ4v) is 2.39. The highest BCUT2D eigenvalue weighted by molar-refractivity contribution is 5.67. The van der Waals surface area contributed by atoms with Crippen molar-refractivity contribution >= 4 is 17.5 Å². The number of nitrogens with one attached hydrogen (secondary N) is 3. The van der Waals surface area contributed by atoms with Crippen LogP contribution in [-0.4, -0.2) is 51.3 Å². The molecule has 0 aliphatic carbocycles. The van der Waals surface area contributed by atoms with Crippen molar-refractivity contribution in [3.63, 3.8) is 0 Å². The van der Waals surface area contributed by atoms with E-state index in [4.69, 9.17) is 15.6 Å². The van der Waals surface area contributed by atoms with E-state index in [1.165, 1.54) is 0 Å². The molecule has 1 saturated heterocycles. The van der Waals surface area contributed by atoms with Crippen molar-refractivity contribution in [2.75, 3.05) is 23.0 Å². The molecule has 2 aliphatic heterocycles. The van der Waals surface area contributed by atoms with Crippen molar-refractivity contribution in [3.8, 4) is 0 Å². The van der Waals surface area contributed by atoms with E-state index in [2.05, 4.69) is 20.6 Å². The van der Waals surface area contributed by atoms with Crippen molar-refractivity contribution in [1.82, 2.24) is 9.97 Å². The molecule has 7 N–H and O–H groups in total. The van der Waals surface area contributed by atoms with Crippen LogP contribution in [-0.2, 0) is 4.74 Å². The summed E-state index contributed by atoms with van der Waals surface area (Å²) in [7, 11) is 0. The Labute approximate surface area is 107 Å². The van der Waals surface area contributed by atoms with Crippen molar-refractivity contribution < 1.29 is 14.9 Å². The minimum absolute atomic E-state index is 0.00560. The van der Waals surface area contributed by atoms with Gasteiger partial charge in [-0.25, -0.2) is 0 Å². The van der Waals surface area contributed by atoms with Crippen LogP contribution in [0.1, 0.15) is 6.42 Å². The number of nitrogens with zero attached hydrogens (tertiary/aromatic N) is 1. The van der Waals surface area contributed by atoms with Gasteiger partial charge >= 0.3 is 0 Å². The predicted molar refractivity (Wildman–Crippen MR) is 66.7 cm³/mol. The molecular weight excluding hydrogens is 254 g/mol. The Bertz CT molecular complexity index is 547. The van der Waals surface area contributed by atoms with E-state index in [0.29, 0.717) is 12.2 Å². The molecule has 2 aliphatic rings. The van der Waals surface area contributed by atoms with E-state index in [0.717, 1.165) is 0 Å². The number of ether oxygens (including phenoxy) is 1. The number of nitrogen functional groups attached to an aromatic ring is 1. The SMILES string of the molecule is Nc1nc2c(c(=O)[nH]1)NC1CC(O)C(CO)OC1N2. The Balaban J connectivity index is 1.91. The Morgan fingerprint density at radius 2 is 2.26 bits per heavy atom. The first-order valence-corrected chi connectivity index (χ1v) is 5.95. The molecule has 0 saturated carbocycles. The van der Waals surface area contributed by atoms with Crippen LogP contribution in [0.4, 0.5) is 17.5 Å². The molecule has 19 heavy (non-hydrogen) atoms. The zero-order valence-electron chi connectivity index (χ0n) is 9.96. The quantitative estimate of drug-likeness (QED) is 0.344. The third-order valence-corrected chi connectivity index (χ3v) is 3.34. The second-order valence-corrected chi connectivity index (χ2v) is 4.65. The Hall–Kier alpha value is -1.84. The van der Waals surface area contributed by atoms with Crippen molar-refractivity contribution in [2.24, 2.45) is 0 Å². The summed E-state index contributed by atoms with van der Waals surface area (Å²) in [5.41, 5.74) is 5.36. The van der Waals surface area contributed by atoms with Crippen LogP contribution in [0.3, 0.4) is 0 Å². The van der Waals surface area contributed by atoms with Gasteiger partial charge in [0.2, 0.25) is 5.95 Å². The summed E-state index contributed by atoms with van der Waals surface area (Å²) in [5, 5.41) is 24.8. The zero-order chi connectivity index (χ0) is 13.6. The van der Waals surface area contributed by atoms with Gasteiger partial charge in [-0.15, -0.1) is 0 Å². The van der Waals surface area contributed by atoms with Crippen LogP contribution in [0.5, 0.6) is 0 Å². The smallest absolute Gasteiger partial charge is 0.277 e. The van der Waals surface area contributed by atoms with E-state index in [-0.39, 0.29) is 29.8 Å². The number of hydrogen-bond acceptors (Lipinski definition) is 8. The van der Waals surface area contributed by atoms with Crippen LogP contribution in [0.2, 0.25) is 0 Å². The fourth-order valence-electron chi connectivity index (χ4n) is 2.39. The van der Waals surface area contributed by atoms with E-state index in [9.17, 15) is 9.90 Å². The lowest BCUT2D eigenvalue weighted by Crippen LogP contribution is -2.57. The van der Waals surface area contributed by atoms with Crippen LogP contribution in [0, 0.1) is 0 Å². The molecule has 9 heteroatoms. The normalized spacial score (nSPS) is 32.7. The summed E-state index contributed by atoms with van der Waals surface area (Å²) >= 11 is 0. The van der Waals surface area contributed by atoms with Gasteiger partial charge in [0.25, 0.3) is 5.56 Å². The lowest BCUT2D eigenvalue weighted by atomic mass is 9.98. The number of rotatable bonds is 1. The number of aliphatic hydroxyl groups excluding tert-OH is 2. The molecule has 1 aromatic heterocycles. The molecule has 1 aromatic rings. The summed E-state index contributed by atoms with van der Waals surface area (Å²) in [6.45, 7) is -0.274. The topological polar surface area (TPSA) is 146 Å². The highest BCUT2D eigenvalue weighted by atomic mass is 16.5. The number of nitrogens with two attached hydrogens (primary N) is 1. The lowest BCUT2D eigenvalue weighted by Gasteiger charge is -2.42. The first-order valence-electron chi connectivity index (χ1n) is 5.95. The molecule has 0 bridgehead atoms. The minimum atomic E-state index is -0.789. The summed E-state index contributed by atoms with van der Waals surface area (Å²) in [5.74, 6) is 0.307. The van der Waals surface area contributed by atoms with Crippen molar-refractivity contribution in [2.45, 2.75) is 30.9 Å². The van der Waals surface area contributed by atoms with Crippen LogP contribution in [0.15, 0.2) is 4.79 Å². The number of anilines is 3. The molecule has 4 atom stereocenters. The van der Waals surface area contributed by atoms with Crippen LogP contribution in [0.25, 0.3) is 0 Å². The largest absolute Gasteiger partial charge is 0.394 e. The van der Waals surface area contributed by atoms with Gasteiger partial charge < -0.3 is 31.3 Å². The maximum atomic E-state index is 11.7. The Morgan fingerprint density at radius 3 is 3.00 bits per heavy atom. The molecule has 3 heterocycles. The fraction of sp³-hybridized carbons (Fsp3) is 0.600. The average Bonchev–Trinajstić information content (AvgIpc) is 2.36. The number of hydrogen-bond donors (Lipinski definition) is 6. The molecule has 0 aromatic carbocycles. The molecule has 0 amide bonds. The molecule has 0 radical (unpaired) electrons. The summed E-state index contributed by atoms with van der Waals surface area (Å²) in [6.07, 6.45) is -1.58. The molecule has 1 fully saturated rings. The van der Waals surface area contributed by atoms with Gasteiger partial charge in [0.15, 0.2) is 5.82 Å². The number of H-pyrrole nitrogens is 1. The molecule has 104 valence electrons. The van der Waals surface area contributed by atoms with Gasteiger partial charge in [0.05, 0.1) is 18.8 Å². The predicted octanol–water partition coefficient (Wildman–Crippen LogP) is -1.97. The minimum Gasteiger partial charge on any atom is -0.394 e. The monoisotopic (exact) mass is 269 g/mol. The highest BCUT2D eigenvalue weighted by Crippen LogP contribution is 2.30. The standard InChI is InChI=1S/C10H15N5O4/c11-10-14-7-6(8(18)15-10)12-3-1-4(17)5(2-16)19-9(3)13-7/h3-5,9,12,16-17H,1-2H2,(H4,11,13,14,15,18). The number of fused-ring (bicyclic) bond motifs is 2. The van der Waals surface area contributed by atoms with Gasteiger partial charge in [0.1, 0.15) is 18.0 Å². The maximum absolute atomic E-state index is 11.7. The second-order valence-electron chi connectivity index (χ2n) is 4.65. The van der Waals surface area contributed by atoms with Gasteiger partial charge in [-0.05, 0) is 0 Å². The number of aliphatic hydroxyl groups is 2. The second kappa shape index (κ2) is 4.37. The lowest BCUT2D eigenvalue weighted by molar-refractivity contribution is -0.130. The number of aromatic amines is 1. The summed E-state index contributed by atoms with van der Waals surface area (Å²) in [4.78, 5) is 18.1. The van der Waals surface area contributed by atoms with Gasteiger partial charge in [0, 0.05) is 6.42 Å². The molecular formula is C10H15N5O4. The molecule has 3 rings (SSSR count). The van der Waals surface area contributed by atoms with Crippen LogP contribution >= 0.6 is 0 Å². The first kappa shape index (κ1) is 12.2. The van der Waals surface area contributed by atoms with E-state index in [1.54, 1.807) is 0 Å². The van der Waals surface area contributed by atoms with Gasteiger partial charge in [-0.3, -0.25) is 9.78 Å². The Kier molecular flexibility index (Phi) is 2.81.